The van der Waals surface area contributed by atoms with E-state index in [4.69, 9.17) is 0 Å². The highest BCUT2D eigenvalue weighted by Crippen LogP contribution is 2.39. The molecule has 2 heterocycles. The number of nitro groups is 1. The first-order valence-electron chi connectivity index (χ1n) is 7.07. The molecule has 0 saturated carbocycles. The van der Waals surface area contributed by atoms with Crippen LogP contribution >= 0.6 is 0 Å². The largest absolute Gasteiger partial charge is 0.365 e. The molecule has 0 radical (unpaired) electrons. The third-order valence-corrected chi connectivity index (χ3v) is 4.23. The van der Waals surface area contributed by atoms with Crippen LogP contribution in [0.5, 0.6) is 0 Å². The predicted octanol–water partition coefficient (Wildman–Crippen LogP) is 2.71. The molecule has 1 aliphatic carbocycles. The van der Waals surface area contributed by atoms with Crippen LogP contribution in [-0.4, -0.2) is 23.0 Å². The van der Waals surface area contributed by atoms with Crippen molar-refractivity contribution >= 4 is 11.4 Å². The van der Waals surface area contributed by atoms with Crippen LogP contribution in [0.4, 0.5) is 11.4 Å². The Kier molecular flexibility index (Phi) is 3.12. The zero-order valence-electron chi connectivity index (χ0n) is 11.3. The van der Waals surface area contributed by atoms with Crippen LogP contribution in [0.15, 0.2) is 6.20 Å². The quantitative estimate of drug-likeness (QED) is 0.606. The fourth-order valence-corrected chi connectivity index (χ4v) is 3.36. The molecular formula is C14H19N3O2. The van der Waals surface area contributed by atoms with Gasteiger partial charge in [0.1, 0.15) is 11.9 Å². The van der Waals surface area contributed by atoms with E-state index in [9.17, 15) is 10.1 Å². The van der Waals surface area contributed by atoms with E-state index in [1.165, 1.54) is 12.6 Å². The summed E-state index contributed by atoms with van der Waals surface area (Å²) in [6.45, 7) is 4.08. The van der Waals surface area contributed by atoms with Gasteiger partial charge in [-0.05, 0) is 38.0 Å². The summed E-state index contributed by atoms with van der Waals surface area (Å²) in [6, 6.07) is 0. The van der Waals surface area contributed by atoms with E-state index >= 15 is 0 Å². The lowest BCUT2D eigenvalue weighted by Gasteiger charge is -2.33. The minimum Gasteiger partial charge on any atom is -0.365 e. The van der Waals surface area contributed by atoms with E-state index in [0.717, 1.165) is 55.7 Å². The molecule has 1 atom stereocenters. The maximum absolute atomic E-state index is 11.3. The normalized spacial score (nSPS) is 22.4. The molecule has 1 aromatic heterocycles. The summed E-state index contributed by atoms with van der Waals surface area (Å²) >= 11 is 0. The number of fused-ring (bicyclic) bond motifs is 1. The fraction of sp³-hybridized carbons (Fsp3) is 0.643. The number of piperidine rings is 1. The van der Waals surface area contributed by atoms with Crippen LogP contribution in [0, 0.1) is 16.0 Å². The Hall–Kier alpha value is -1.65. The molecule has 0 aromatic carbocycles. The number of rotatable bonds is 2. The van der Waals surface area contributed by atoms with Gasteiger partial charge in [0, 0.05) is 24.3 Å². The van der Waals surface area contributed by atoms with Crippen LogP contribution in [0.1, 0.15) is 37.4 Å². The van der Waals surface area contributed by atoms with Gasteiger partial charge in [0.15, 0.2) is 0 Å². The highest BCUT2D eigenvalue weighted by molar-refractivity contribution is 5.69. The monoisotopic (exact) mass is 261 g/mol. The van der Waals surface area contributed by atoms with Crippen molar-refractivity contribution in [2.45, 2.75) is 39.0 Å². The Labute approximate surface area is 112 Å². The van der Waals surface area contributed by atoms with Gasteiger partial charge >= 0.3 is 5.69 Å². The molecule has 5 heteroatoms. The summed E-state index contributed by atoms with van der Waals surface area (Å²) < 4.78 is 0. The molecule has 2 aliphatic rings. The third-order valence-electron chi connectivity index (χ3n) is 4.23. The number of pyridine rings is 1. The Balaban J connectivity index is 2.06. The Morgan fingerprint density at radius 2 is 2.26 bits per heavy atom. The smallest absolute Gasteiger partial charge is 0.310 e. The molecule has 19 heavy (non-hydrogen) atoms. The lowest BCUT2D eigenvalue weighted by atomic mass is 9.98. The van der Waals surface area contributed by atoms with Crippen molar-refractivity contribution in [3.05, 3.63) is 27.6 Å². The standard InChI is InChI=1S/C14H19N3O2/c1-10-4-3-7-16(9-10)14-11-5-2-6-12(11)15-8-13(14)17(18)19/h8,10H,2-7,9H2,1H3/t10-/m0/s1. The van der Waals surface area contributed by atoms with Gasteiger partial charge in [-0.25, -0.2) is 0 Å². The molecule has 1 saturated heterocycles. The molecule has 1 aromatic rings. The zero-order valence-corrected chi connectivity index (χ0v) is 11.3. The number of aromatic nitrogens is 1. The van der Waals surface area contributed by atoms with Gasteiger partial charge in [0.25, 0.3) is 0 Å². The Morgan fingerprint density at radius 3 is 3.00 bits per heavy atom. The van der Waals surface area contributed by atoms with Crippen molar-refractivity contribution in [1.29, 1.82) is 0 Å². The second kappa shape index (κ2) is 4.79. The van der Waals surface area contributed by atoms with Crippen LogP contribution in [-0.2, 0) is 12.8 Å². The maximum Gasteiger partial charge on any atom is 0.310 e. The highest BCUT2D eigenvalue weighted by atomic mass is 16.6. The number of hydrogen-bond donors (Lipinski definition) is 0. The molecule has 5 nitrogen and oxygen atoms in total. The van der Waals surface area contributed by atoms with Crippen LogP contribution in [0.3, 0.4) is 0 Å². The molecule has 0 amide bonds. The number of anilines is 1. The van der Waals surface area contributed by atoms with E-state index in [2.05, 4.69) is 16.8 Å². The van der Waals surface area contributed by atoms with Crippen molar-refractivity contribution in [2.75, 3.05) is 18.0 Å². The minimum atomic E-state index is -0.278. The molecular weight excluding hydrogens is 242 g/mol. The molecule has 0 N–H and O–H groups in total. The molecule has 0 bridgehead atoms. The van der Waals surface area contributed by atoms with Crippen molar-refractivity contribution in [2.24, 2.45) is 5.92 Å². The van der Waals surface area contributed by atoms with Gasteiger partial charge in [-0.15, -0.1) is 0 Å². The van der Waals surface area contributed by atoms with Gasteiger partial charge in [0.2, 0.25) is 0 Å². The lowest BCUT2D eigenvalue weighted by molar-refractivity contribution is -0.384. The van der Waals surface area contributed by atoms with E-state index in [1.54, 1.807) is 0 Å². The van der Waals surface area contributed by atoms with Crippen molar-refractivity contribution in [3.63, 3.8) is 0 Å². The molecule has 0 spiro atoms. The average molecular weight is 261 g/mol. The fourth-order valence-electron chi connectivity index (χ4n) is 3.36. The van der Waals surface area contributed by atoms with E-state index in [1.807, 2.05) is 0 Å². The molecule has 102 valence electrons. The third kappa shape index (κ3) is 2.17. The van der Waals surface area contributed by atoms with Crippen LogP contribution in [0.2, 0.25) is 0 Å². The Morgan fingerprint density at radius 1 is 1.42 bits per heavy atom. The van der Waals surface area contributed by atoms with Crippen molar-refractivity contribution < 1.29 is 4.92 Å². The molecule has 1 fully saturated rings. The maximum atomic E-state index is 11.3. The van der Waals surface area contributed by atoms with Crippen LogP contribution < -0.4 is 4.90 Å². The van der Waals surface area contributed by atoms with Gasteiger partial charge in [-0.2, -0.15) is 0 Å². The van der Waals surface area contributed by atoms with Crippen molar-refractivity contribution in [3.8, 4) is 0 Å². The summed E-state index contributed by atoms with van der Waals surface area (Å²) in [5.41, 5.74) is 3.25. The number of aryl methyl sites for hydroxylation is 1. The highest BCUT2D eigenvalue weighted by Gasteiger charge is 2.30. The van der Waals surface area contributed by atoms with Crippen LogP contribution in [0.25, 0.3) is 0 Å². The first kappa shape index (κ1) is 12.4. The lowest BCUT2D eigenvalue weighted by Crippen LogP contribution is -2.35. The first-order valence-corrected chi connectivity index (χ1v) is 7.07. The first-order chi connectivity index (χ1) is 9.16. The Bertz CT molecular complexity index is 516. The summed E-state index contributed by atoms with van der Waals surface area (Å²) in [5.74, 6) is 0.610. The minimum absolute atomic E-state index is 0.190. The van der Waals surface area contributed by atoms with E-state index in [-0.39, 0.29) is 10.6 Å². The zero-order chi connectivity index (χ0) is 13.4. The summed E-state index contributed by atoms with van der Waals surface area (Å²) in [4.78, 5) is 17.5. The predicted molar refractivity (Wildman–Crippen MR) is 73.5 cm³/mol. The summed E-state index contributed by atoms with van der Waals surface area (Å²) in [7, 11) is 0. The van der Waals surface area contributed by atoms with Gasteiger partial charge in [-0.3, -0.25) is 15.1 Å². The van der Waals surface area contributed by atoms with Gasteiger partial charge in [-0.1, -0.05) is 6.92 Å². The topological polar surface area (TPSA) is 59.3 Å². The molecule has 3 rings (SSSR count). The second-order valence-corrected chi connectivity index (χ2v) is 5.72. The molecule has 0 unspecified atom stereocenters. The van der Waals surface area contributed by atoms with E-state index < -0.39 is 0 Å². The number of nitrogens with zero attached hydrogens (tertiary/aromatic N) is 3. The van der Waals surface area contributed by atoms with E-state index in [0.29, 0.717) is 5.92 Å². The van der Waals surface area contributed by atoms with Gasteiger partial charge in [0.05, 0.1) is 4.92 Å². The SMILES string of the molecule is C[C@H]1CCCN(c2c([N+](=O)[O-])cnc3c2CCC3)C1. The summed E-state index contributed by atoms with van der Waals surface area (Å²) in [5, 5.41) is 11.3. The van der Waals surface area contributed by atoms with Crippen molar-refractivity contribution in [1.82, 2.24) is 4.98 Å². The molecule has 1 aliphatic heterocycles. The number of hydrogen-bond acceptors (Lipinski definition) is 4. The average Bonchev–Trinajstić information content (AvgIpc) is 2.85. The second-order valence-electron chi connectivity index (χ2n) is 5.72. The summed E-state index contributed by atoms with van der Waals surface area (Å²) in [6.07, 6.45) is 6.76. The van der Waals surface area contributed by atoms with Gasteiger partial charge < -0.3 is 4.90 Å².